The Morgan fingerprint density at radius 1 is 1.17 bits per heavy atom. The zero-order chi connectivity index (χ0) is 25.2. The minimum absolute atomic E-state index is 0.0281. The summed E-state index contributed by atoms with van der Waals surface area (Å²) in [5.74, 6) is -1.13. The number of carbonyl (C=O) groups excluding carboxylic acids is 2. The highest BCUT2D eigenvalue weighted by molar-refractivity contribution is 5.93. The van der Waals surface area contributed by atoms with Gasteiger partial charge in [0.15, 0.2) is 0 Å². The molecule has 7 atom stereocenters. The number of hydrogen-bond donors (Lipinski definition) is 3. The highest BCUT2D eigenvalue weighted by Gasteiger charge is 2.53. The molecule has 8 heteroatoms. The molecule has 1 aromatic carbocycles. The third-order valence-electron chi connectivity index (χ3n) is 8.46. The number of aliphatic hydroxyl groups excluding tert-OH is 1. The Bertz CT molecular complexity index is 1030. The number of fused-ring (bicyclic) bond motifs is 1. The van der Waals surface area contributed by atoms with Gasteiger partial charge in [-0.05, 0) is 66.5 Å². The molecule has 0 spiro atoms. The van der Waals surface area contributed by atoms with Crippen LogP contribution in [0.2, 0.25) is 0 Å². The van der Waals surface area contributed by atoms with Gasteiger partial charge in [0.2, 0.25) is 5.91 Å². The molecule has 0 saturated heterocycles. The number of halogens is 1. The zero-order valence-corrected chi connectivity index (χ0v) is 20.6. The van der Waals surface area contributed by atoms with E-state index in [4.69, 9.17) is 0 Å². The van der Waals surface area contributed by atoms with E-state index in [1.54, 1.807) is 12.1 Å². The number of hydrogen-bond acceptors (Lipinski definition) is 5. The third-order valence-corrected chi connectivity index (χ3v) is 8.46. The number of aliphatic hydroxyl groups is 1. The smallest absolute Gasteiger partial charge is 0.254 e. The lowest BCUT2D eigenvalue weighted by Crippen LogP contribution is -2.58. The topological polar surface area (TPSA) is 104 Å². The van der Waals surface area contributed by atoms with Crippen molar-refractivity contribution in [3.05, 3.63) is 59.9 Å². The average Bonchev–Trinajstić information content (AvgIpc) is 2.85. The van der Waals surface area contributed by atoms with Gasteiger partial charge in [-0.1, -0.05) is 32.9 Å². The second kappa shape index (κ2) is 10.4. The Morgan fingerprint density at radius 2 is 1.83 bits per heavy atom. The van der Waals surface area contributed by atoms with E-state index in [-0.39, 0.29) is 52.8 Å². The second-order valence-corrected chi connectivity index (χ2v) is 10.6. The van der Waals surface area contributed by atoms with Crippen LogP contribution < -0.4 is 10.6 Å². The third kappa shape index (κ3) is 5.37. The Morgan fingerprint density at radius 3 is 2.51 bits per heavy atom. The maximum Gasteiger partial charge on any atom is 0.254 e. The average molecular weight is 483 g/mol. The van der Waals surface area contributed by atoms with Crippen molar-refractivity contribution in [1.29, 1.82) is 0 Å². The van der Waals surface area contributed by atoms with Crippen LogP contribution in [0.3, 0.4) is 0 Å². The molecule has 0 aliphatic heterocycles. The summed E-state index contributed by atoms with van der Waals surface area (Å²) in [6.45, 7) is 6.52. The fourth-order valence-electron chi connectivity index (χ4n) is 6.31. The first kappa shape index (κ1) is 25.2. The first-order valence-corrected chi connectivity index (χ1v) is 12.5. The predicted molar refractivity (Wildman–Crippen MR) is 129 cm³/mol. The molecule has 0 radical (unpaired) electrons. The van der Waals surface area contributed by atoms with Gasteiger partial charge in [-0.15, -0.1) is 0 Å². The molecule has 1 heterocycles. The fraction of sp³-hybridized carbons (Fsp3) is 0.556. The summed E-state index contributed by atoms with van der Waals surface area (Å²) in [6.07, 6.45) is 7.22. The van der Waals surface area contributed by atoms with Crippen LogP contribution in [0.15, 0.2) is 43.0 Å². The minimum atomic E-state index is -0.643. The van der Waals surface area contributed by atoms with Crippen molar-refractivity contribution in [1.82, 2.24) is 20.6 Å². The SMILES string of the molecule is C[C@H]1[C@@H]2[C@@H](O)[C@@H]([C@H](C)C(=O)NCc3ccc(F)cc3)CC[C@@]2(C)CC[C@@H]1NC(=O)c1cncnc1. The molecule has 3 N–H and O–H groups in total. The lowest BCUT2D eigenvalue weighted by molar-refractivity contribution is -0.142. The van der Waals surface area contributed by atoms with E-state index in [9.17, 15) is 19.1 Å². The lowest BCUT2D eigenvalue weighted by Gasteiger charge is -2.56. The molecule has 2 saturated carbocycles. The second-order valence-electron chi connectivity index (χ2n) is 10.6. The molecule has 7 nitrogen and oxygen atoms in total. The molecule has 2 aliphatic carbocycles. The van der Waals surface area contributed by atoms with Gasteiger partial charge in [-0.3, -0.25) is 9.59 Å². The fourth-order valence-corrected chi connectivity index (χ4v) is 6.31. The molecule has 1 aromatic heterocycles. The van der Waals surface area contributed by atoms with Gasteiger partial charge < -0.3 is 15.7 Å². The largest absolute Gasteiger partial charge is 0.392 e. The van der Waals surface area contributed by atoms with Crippen molar-refractivity contribution >= 4 is 11.8 Å². The molecule has 2 aliphatic rings. The standard InChI is InChI=1S/C27H35FN4O3/c1-16(25(34)31-12-18-4-6-20(28)7-5-18)21-8-10-27(3)11-9-22(17(2)23(27)24(21)33)32-26(35)19-13-29-15-30-14-19/h4-7,13-17,21-24,33H,8-12H2,1-3H3,(H,31,34)(H,32,35)/t16-,17+,21+,22-,23+,24-,27-/m0/s1. The van der Waals surface area contributed by atoms with Crippen LogP contribution in [0, 0.1) is 34.9 Å². The van der Waals surface area contributed by atoms with Crippen molar-refractivity contribution in [2.45, 2.75) is 65.1 Å². The minimum Gasteiger partial charge on any atom is -0.392 e. The van der Waals surface area contributed by atoms with Gasteiger partial charge in [0, 0.05) is 30.9 Å². The first-order valence-electron chi connectivity index (χ1n) is 12.5. The molecule has 35 heavy (non-hydrogen) atoms. The quantitative estimate of drug-likeness (QED) is 0.585. The summed E-state index contributed by atoms with van der Waals surface area (Å²) >= 11 is 0. The van der Waals surface area contributed by atoms with E-state index in [1.165, 1.54) is 30.9 Å². The van der Waals surface area contributed by atoms with Gasteiger partial charge in [0.05, 0.1) is 11.7 Å². The van der Waals surface area contributed by atoms with Crippen molar-refractivity contribution in [2.75, 3.05) is 0 Å². The van der Waals surface area contributed by atoms with Gasteiger partial charge >= 0.3 is 0 Å². The van der Waals surface area contributed by atoms with Crippen molar-refractivity contribution < 1.29 is 19.1 Å². The Balaban J connectivity index is 1.41. The van der Waals surface area contributed by atoms with E-state index in [1.807, 2.05) is 6.92 Å². The molecule has 188 valence electrons. The van der Waals surface area contributed by atoms with Crippen molar-refractivity contribution in [3.8, 4) is 0 Å². The first-order chi connectivity index (χ1) is 16.7. The molecule has 2 aromatic rings. The van der Waals surface area contributed by atoms with E-state index < -0.39 is 6.10 Å². The lowest BCUT2D eigenvalue weighted by atomic mass is 9.51. The maximum atomic E-state index is 13.1. The summed E-state index contributed by atoms with van der Waals surface area (Å²) < 4.78 is 13.1. The Kier molecular flexibility index (Phi) is 7.50. The maximum absolute atomic E-state index is 13.1. The highest BCUT2D eigenvalue weighted by atomic mass is 19.1. The Hall–Kier alpha value is -2.87. The number of nitrogens with one attached hydrogen (secondary N) is 2. The van der Waals surface area contributed by atoms with Gasteiger partial charge in [0.25, 0.3) is 5.91 Å². The van der Waals surface area contributed by atoms with Crippen LogP contribution in [0.25, 0.3) is 0 Å². The Labute approximate surface area is 206 Å². The number of amides is 2. The number of nitrogens with zero attached hydrogens (tertiary/aromatic N) is 2. The van der Waals surface area contributed by atoms with Gasteiger partial charge in [-0.2, -0.15) is 0 Å². The number of carbonyl (C=O) groups is 2. The van der Waals surface area contributed by atoms with E-state index in [2.05, 4.69) is 34.4 Å². The number of rotatable bonds is 6. The molecule has 2 amide bonds. The van der Waals surface area contributed by atoms with Crippen LogP contribution in [-0.4, -0.2) is 39.0 Å². The predicted octanol–water partition coefficient (Wildman–Crippen LogP) is 3.49. The van der Waals surface area contributed by atoms with Crippen LogP contribution in [0.1, 0.15) is 62.4 Å². The molecular weight excluding hydrogens is 447 g/mol. The monoisotopic (exact) mass is 482 g/mol. The molecule has 2 fully saturated rings. The molecular formula is C27H35FN4O3. The van der Waals surface area contributed by atoms with Crippen molar-refractivity contribution in [2.24, 2.45) is 29.1 Å². The number of benzene rings is 1. The highest BCUT2D eigenvalue weighted by Crippen LogP contribution is 2.55. The van der Waals surface area contributed by atoms with Crippen LogP contribution in [0.4, 0.5) is 4.39 Å². The molecule has 4 rings (SSSR count). The summed E-state index contributed by atoms with van der Waals surface area (Å²) in [6, 6.07) is 5.99. The van der Waals surface area contributed by atoms with E-state index in [0.29, 0.717) is 12.1 Å². The summed E-state index contributed by atoms with van der Waals surface area (Å²) in [7, 11) is 0. The van der Waals surface area contributed by atoms with Crippen LogP contribution >= 0.6 is 0 Å². The number of aromatic nitrogens is 2. The van der Waals surface area contributed by atoms with Crippen molar-refractivity contribution in [3.63, 3.8) is 0 Å². The van der Waals surface area contributed by atoms with E-state index in [0.717, 1.165) is 31.2 Å². The summed E-state index contributed by atoms with van der Waals surface area (Å²) in [5, 5.41) is 17.6. The van der Waals surface area contributed by atoms with E-state index >= 15 is 0 Å². The van der Waals surface area contributed by atoms with Gasteiger partial charge in [0.1, 0.15) is 12.1 Å². The normalized spacial score (nSPS) is 31.2. The zero-order valence-electron chi connectivity index (χ0n) is 20.6. The summed E-state index contributed by atoms with van der Waals surface area (Å²) in [4.78, 5) is 33.5. The summed E-state index contributed by atoms with van der Waals surface area (Å²) in [5.41, 5.74) is 1.21. The van der Waals surface area contributed by atoms with Crippen LogP contribution in [-0.2, 0) is 11.3 Å². The molecule has 0 bridgehead atoms. The molecule has 0 unspecified atom stereocenters. The van der Waals surface area contributed by atoms with Gasteiger partial charge in [-0.25, -0.2) is 14.4 Å². The van der Waals surface area contributed by atoms with Crippen LogP contribution in [0.5, 0.6) is 0 Å².